The fourth-order valence-corrected chi connectivity index (χ4v) is 1.93. The van der Waals surface area contributed by atoms with Gasteiger partial charge >= 0.3 is 5.97 Å². The molecule has 1 atom stereocenters. The molecule has 15 heavy (non-hydrogen) atoms. The maximum atomic E-state index is 10.7. The van der Waals surface area contributed by atoms with Crippen LogP contribution in [0.1, 0.15) is 27.2 Å². The van der Waals surface area contributed by atoms with Crippen molar-refractivity contribution in [1.82, 2.24) is 0 Å². The average Bonchev–Trinajstić information content (AvgIpc) is 2.15. The van der Waals surface area contributed by atoms with Crippen LogP contribution in [-0.4, -0.2) is 17.9 Å². The molecule has 0 aromatic heterocycles. The van der Waals surface area contributed by atoms with Gasteiger partial charge in [-0.3, -0.25) is 4.79 Å². The molecule has 0 radical (unpaired) electrons. The van der Waals surface area contributed by atoms with Gasteiger partial charge in [-0.25, -0.2) is 0 Å². The van der Waals surface area contributed by atoms with Crippen LogP contribution in [-0.2, 0) is 9.53 Å². The van der Waals surface area contributed by atoms with Gasteiger partial charge in [-0.05, 0) is 23.5 Å². The molecule has 0 saturated heterocycles. The number of carbonyl (C=O) groups is 1. The van der Waals surface area contributed by atoms with Crippen molar-refractivity contribution in [2.24, 2.45) is 11.3 Å². The van der Waals surface area contributed by atoms with E-state index in [-0.39, 0.29) is 11.4 Å². The van der Waals surface area contributed by atoms with E-state index >= 15 is 0 Å². The molecule has 1 unspecified atom stereocenters. The lowest BCUT2D eigenvalue weighted by Crippen LogP contribution is -2.40. The Balaban J connectivity index is 2.55. The van der Waals surface area contributed by atoms with Gasteiger partial charge in [0.15, 0.2) is 0 Å². The normalized spacial score (nSPS) is 22.7. The summed E-state index contributed by atoms with van der Waals surface area (Å²) < 4.78 is 5.03. The van der Waals surface area contributed by atoms with Crippen LogP contribution in [0.25, 0.3) is 0 Å². The smallest absolute Gasteiger partial charge is 0.302 e. The highest BCUT2D eigenvalue weighted by molar-refractivity contribution is 9.09. The largest absolute Gasteiger partial charge is 0.466 e. The summed E-state index contributed by atoms with van der Waals surface area (Å²) in [6.07, 6.45) is 2.98. The number of ether oxygens (including phenoxy) is 1. The molecule has 0 amide bonds. The van der Waals surface area contributed by atoms with Gasteiger partial charge in [-0.2, -0.15) is 0 Å². The number of hydrogen-bond donors (Lipinski definition) is 0. The Kier molecular flexibility index (Phi) is 4.18. The first-order valence-corrected chi connectivity index (χ1v) is 6.24. The summed E-state index contributed by atoms with van der Waals surface area (Å²) in [6.45, 7) is 6.33. The molecule has 0 heterocycles. The lowest BCUT2D eigenvalue weighted by molar-refractivity contribution is -0.144. The van der Waals surface area contributed by atoms with Gasteiger partial charge in [0.1, 0.15) is 0 Å². The minimum atomic E-state index is -0.195. The van der Waals surface area contributed by atoms with Crippen LogP contribution in [0, 0.1) is 11.3 Å². The van der Waals surface area contributed by atoms with Gasteiger partial charge in [0.2, 0.25) is 0 Å². The highest BCUT2D eigenvalue weighted by Gasteiger charge is 2.43. The topological polar surface area (TPSA) is 26.3 Å². The Morgan fingerprint density at radius 1 is 1.73 bits per heavy atom. The van der Waals surface area contributed by atoms with Crippen molar-refractivity contribution < 1.29 is 9.53 Å². The maximum absolute atomic E-state index is 10.7. The summed E-state index contributed by atoms with van der Waals surface area (Å²) in [7, 11) is 0. The molecule has 0 aliphatic heterocycles. The zero-order valence-electron chi connectivity index (χ0n) is 9.47. The molecular formula is C12H17BrO2. The molecule has 1 aliphatic rings. The SMILES string of the molecule is CC(=O)OCC1CC(=C=CCBr)C1(C)C. The van der Waals surface area contributed by atoms with E-state index in [0.717, 1.165) is 11.8 Å². The molecule has 3 heteroatoms. The summed E-state index contributed by atoms with van der Waals surface area (Å²) >= 11 is 3.33. The monoisotopic (exact) mass is 272 g/mol. The van der Waals surface area contributed by atoms with Gasteiger partial charge in [-0.1, -0.05) is 29.8 Å². The molecule has 84 valence electrons. The third-order valence-corrected chi connectivity index (χ3v) is 3.41. The molecule has 0 N–H and O–H groups in total. The summed E-state index contributed by atoms with van der Waals surface area (Å²) in [4.78, 5) is 10.7. The fourth-order valence-electron chi connectivity index (χ4n) is 1.77. The van der Waals surface area contributed by atoms with Crippen LogP contribution < -0.4 is 0 Å². The highest BCUT2D eigenvalue weighted by Crippen LogP contribution is 2.50. The van der Waals surface area contributed by atoms with Crippen molar-refractivity contribution in [2.45, 2.75) is 27.2 Å². The van der Waals surface area contributed by atoms with E-state index in [1.54, 1.807) is 0 Å². The van der Waals surface area contributed by atoms with Crippen LogP contribution in [0.15, 0.2) is 17.4 Å². The molecule has 2 nitrogen and oxygen atoms in total. The van der Waals surface area contributed by atoms with Crippen molar-refractivity contribution >= 4 is 21.9 Å². The van der Waals surface area contributed by atoms with Crippen molar-refractivity contribution in [1.29, 1.82) is 0 Å². The number of rotatable bonds is 3. The molecule has 0 spiro atoms. The zero-order valence-corrected chi connectivity index (χ0v) is 11.1. The first-order valence-electron chi connectivity index (χ1n) is 5.12. The number of halogens is 1. The quantitative estimate of drug-likeness (QED) is 0.449. The molecule has 1 fully saturated rings. The van der Waals surface area contributed by atoms with Gasteiger partial charge in [-0.15, -0.1) is 5.73 Å². The Hall–Kier alpha value is -0.530. The molecule has 0 bridgehead atoms. The van der Waals surface area contributed by atoms with Crippen LogP contribution in [0.3, 0.4) is 0 Å². The second-order valence-corrected chi connectivity index (χ2v) is 5.05. The standard InChI is InChI=1S/C12H17BrO2/c1-9(14)15-8-11-7-10(5-4-6-13)12(11,2)3/h4,11H,6-8H2,1-3H3. The molecular weight excluding hydrogens is 256 g/mol. The predicted molar refractivity (Wildman–Crippen MR) is 63.9 cm³/mol. The lowest BCUT2D eigenvalue weighted by Gasteiger charge is -2.45. The summed E-state index contributed by atoms with van der Waals surface area (Å²) in [6, 6.07) is 0. The van der Waals surface area contributed by atoms with Gasteiger partial charge in [0.05, 0.1) is 6.61 Å². The minimum Gasteiger partial charge on any atom is -0.466 e. The van der Waals surface area contributed by atoms with Crippen LogP contribution in [0.2, 0.25) is 0 Å². The summed E-state index contributed by atoms with van der Waals surface area (Å²) in [5.41, 5.74) is 4.72. The third kappa shape index (κ3) is 2.96. The van der Waals surface area contributed by atoms with E-state index in [4.69, 9.17) is 4.74 Å². The van der Waals surface area contributed by atoms with Crippen molar-refractivity contribution in [3.05, 3.63) is 17.4 Å². The summed E-state index contributed by atoms with van der Waals surface area (Å²) in [5.74, 6) is 0.242. The van der Waals surface area contributed by atoms with E-state index < -0.39 is 0 Å². The molecule has 0 aromatic carbocycles. The van der Waals surface area contributed by atoms with E-state index in [1.807, 2.05) is 6.08 Å². The van der Waals surface area contributed by atoms with Gasteiger partial charge < -0.3 is 4.74 Å². The number of alkyl halides is 1. The number of carbonyl (C=O) groups excluding carboxylic acids is 1. The van der Waals surface area contributed by atoms with Crippen molar-refractivity contribution in [3.8, 4) is 0 Å². The minimum absolute atomic E-state index is 0.119. The molecule has 1 saturated carbocycles. The van der Waals surface area contributed by atoms with E-state index in [2.05, 4.69) is 35.5 Å². The Bertz CT molecular complexity index is 312. The fraction of sp³-hybridized carbons (Fsp3) is 0.667. The van der Waals surface area contributed by atoms with Crippen LogP contribution in [0.4, 0.5) is 0 Å². The van der Waals surface area contributed by atoms with Gasteiger partial charge in [0.25, 0.3) is 0 Å². The third-order valence-electron chi connectivity index (χ3n) is 3.09. The zero-order chi connectivity index (χ0) is 11.5. The van der Waals surface area contributed by atoms with Crippen LogP contribution in [0.5, 0.6) is 0 Å². The van der Waals surface area contributed by atoms with E-state index in [9.17, 15) is 4.79 Å². The summed E-state index contributed by atoms with van der Waals surface area (Å²) in [5, 5.41) is 0.835. The highest BCUT2D eigenvalue weighted by atomic mass is 79.9. The maximum Gasteiger partial charge on any atom is 0.302 e. The first kappa shape index (κ1) is 12.5. The predicted octanol–water partition coefficient (Wildman–Crippen LogP) is 3.07. The van der Waals surface area contributed by atoms with Gasteiger partial charge in [0, 0.05) is 18.2 Å². The van der Waals surface area contributed by atoms with Crippen molar-refractivity contribution in [3.63, 3.8) is 0 Å². The van der Waals surface area contributed by atoms with E-state index in [1.165, 1.54) is 12.5 Å². The van der Waals surface area contributed by atoms with Crippen LogP contribution >= 0.6 is 15.9 Å². The first-order chi connectivity index (χ1) is 6.98. The van der Waals surface area contributed by atoms with Crippen molar-refractivity contribution in [2.75, 3.05) is 11.9 Å². The number of hydrogen-bond acceptors (Lipinski definition) is 2. The number of allylic oxidation sites excluding steroid dienone is 1. The second-order valence-electron chi connectivity index (χ2n) is 4.41. The molecule has 0 aromatic rings. The van der Waals surface area contributed by atoms with E-state index in [0.29, 0.717) is 12.5 Å². The Morgan fingerprint density at radius 3 is 2.87 bits per heavy atom. The Morgan fingerprint density at radius 2 is 2.40 bits per heavy atom. The Labute approximate surface area is 99.5 Å². The second kappa shape index (κ2) is 5.00. The molecule has 1 aliphatic carbocycles. The molecule has 1 rings (SSSR count). The lowest BCUT2D eigenvalue weighted by atomic mass is 9.59. The number of esters is 1. The average molecular weight is 273 g/mol.